The largest absolute Gasteiger partial charge is 0.393 e. The Hall–Kier alpha value is -1.20. The molecule has 0 aliphatic carbocycles. The zero-order chi connectivity index (χ0) is 32.2. The average Bonchev–Trinajstić information content (AvgIpc) is 3.02. The predicted molar refractivity (Wildman–Crippen MR) is 187 cm³/mol. The number of aliphatic hydroxyl groups excluding tert-OH is 2. The summed E-state index contributed by atoms with van der Waals surface area (Å²) in [6.45, 7) is 1.55. The van der Waals surface area contributed by atoms with E-state index in [1.54, 1.807) is 0 Å². The normalized spacial score (nSPS) is 12.2. The highest BCUT2D eigenvalue weighted by Gasteiger charge is 2.18. The van der Waals surface area contributed by atoms with Crippen LogP contribution < -0.4 is 0 Å². The molecule has 0 aromatic rings. The maximum atomic E-state index is 11.5. The molecule has 0 saturated heterocycles. The molecular formula is C39H74O5. The summed E-state index contributed by atoms with van der Waals surface area (Å²) in [7, 11) is 0. The molecule has 0 amide bonds. The van der Waals surface area contributed by atoms with E-state index in [4.69, 9.17) is 10.2 Å². The minimum atomic E-state index is -1.63. The number of hydrogen-bond donors (Lipinski definition) is 2. The molecule has 260 valence electrons. The number of ether oxygens (including phenoxy) is 1. The van der Waals surface area contributed by atoms with Crippen molar-refractivity contribution in [2.75, 3.05) is 6.61 Å². The van der Waals surface area contributed by atoms with Crippen LogP contribution in [-0.4, -0.2) is 34.9 Å². The maximum Gasteiger partial charge on any atom is 0.345 e. The second-order valence-electron chi connectivity index (χ2n) is 13.2. The predicted octanol–water partition coefficient (Wildman–Crippen LogP) is 11.5. The monoisotopic (exact) mass is 623 g/mol. The van der Waals surface area contributed by atoms with Crippen LogP contribution in [0.25, 0.3) is 0 Å². The molecule has 0 bridgehead atoms. The lowest BCUT2D eigenvalue weighted by Crippen LogP contribution is -2.28. The Balaban J connectivity index is 3.16. The molecule has 0 radical (unpaired) electrons. The van der Waals surface area contributed by atoms with Crippen LogP contribution in [0, 0.1) is 0 Å². The molecule has 0 aromatic carbocycles. The van der Waals surface area contributed by atoms with Crippen LogP contribution in [0.5, 0.6) is 0 Å². The van der Waals surface area contributed by atoms with Crippen molar-refractivity contribution in [3.8, 4) is 0 Å². The van der Waals surface area contributed by atoms with Gasteiger partial charge in [-0.2, -0.15) is 0 Å². The van der Waals surface area contributed by atoms with Gasteiger partial charge in [-0.05, 0) is 32.1 Å². The van der Waals surface area contributed by atoms with E-state index in [2.05, 4.69) is 23.8 Å². The minimum Gasteiger partial charge on any atom is -0.393 e. The van der Waals surface area contributed by atoms with E-state index in [1.165, 1.54) is 180 Å². The lowest BCUT2D eigenvalue weighted by atomic mass is 10.0. The second-order valence-corrected chi connectivity index (χ2v) is 13.2. The van der Waals surface area contributed by atoms with Crippen LogP contribution in [0.15, 0.2) is 12.2 Å². The van der Waals surface area contributed by atoms with Gasteiger partial charge in [0.05, 0.1) is 6.61 Å². The highest BCUT2D eigenvalue weighted by atomic mass is 16.6. The van der Waals surface area contributed by atoms with Crippen LogP contribution in [0.1, 0.15) is 212 Å². The van der Waals surface area contributed by atoms with E-state index in [1.807, 2.05) is 0 Å². The van der Waals surface area contributed by atoms with Gasteiger partial charge < -0.3 is 14.9 Å². The molecule has 5 heteroatoms. The summed E-state index contributed by atoms with van der Waals surface area (Å²) >= 11 is 0. The third-order valence-electron chi connectivity index (χ3n) is 8.80. The quantitative estimate of drug-likeness (QED) is 0.0318. The topological polar surface area (TPSA) is 83.8 Å². The Bertz CT molecular complexity index is 632. The van der Waals surface area contributed by atoms with Crippen LogP contribution in [0.4, 0.5) is 0 Å². The Morgan fingerprint density at radius 3 is 1.11 bits per heavy atom. The van der Waals surface area contributed by atoms with Crippen molar-refractivity contribution in [1.29, 1.82) is 0 Å². The first-order valence-electron chi connectivity index (χ1n) is 19.3. The maximum absolute atomic E-state index is 11.5. The van der Waals surface area contributed by atoms with Crippen LogP contribution in [0.2, 0.25) is 0 Å². The van der Waals surface area contributed by atoms with Gasteiger partial charge in [0.1, 0.15) is 0 Å². The Labute approximate surface area is 273 Å². The van der Waals surface area contributed by atoms with Gasteiger partial charge in [0, 0.05) is 6.42 Å². The summed E-state index contributed by atoms with van der Waals surface area (Å²) in [5, 5.41) is 17.7. The Morgan fingerprint density at radius 2 is 0.795 bits per heavy atom. The smallest absolute Gasteiger partial charge is 0.345 e. The zero-order valence-corrected chi connectivity index (χ0v) is 29.2. The first kappa shape index (κ1) is 42.8. The van der Waals surface area contributed by atoms with Crippen molar-refractivity contribution >= 4 is 11.9 Å². The molecule has 0 aliphatic rings. The highest BCUT2D eigenvalue weighted by Crippen LogP contribution is 2.16. The van der Waals surface area contributed by atoms with Crippen molar-refractivity contribution in [1.82, 2.24) is 0 Å². The number of hydrogen-bond acceptors (Lipinski definition) is 5. The number of carbonyl (C=O) groups excluding carboxylic acids is 2. The molecule has 5 nitrogen and oxygen atoms in total. The summed E-state index contributed by atoms with van der Waals surface area (Å²) in [6.07, 6.45) is 44.9. The molecular weight excluding hydrogens is 548 g/mol. The van der Waals surface area contributed by atoms with Crippen molar-refractivity contribution < 1.29 is 24.5 Å². The number of esters is 2. The third kappa shape index (κ3) is 33.7. The average molecular weight is 623 g/mol. The number of rotatable bonds is 35. The summed E-state index contributed by atoms with van der Waals surface area (Å²) in [5.74, 6) is -1.69. The van der Waals surface area contributed by atoms with Crippen molar-refractivity contribution in [3.63, 3.8) is 0 Å². The standard InChI is InChI=1S/C39H74O5/c1-2-3-4-5-6-7-8-9-10-11-12-13-14-15-16-17-18-19-20-21-22-23-24-25-26-27-28-29-30-31-32-33-34-35-38(42)44-39(43)37(41)36-40/h9-10,37,40-41H,2-8,11-36H2,1H3/b10-9-. The number of aliphatic hydroxyl groups is 2. The van der Waals surface area contributed by atoms with Gasteiger partial charge in [0.2, 0.25) is 0 Å². The van der Waals surface area contributed by atoms with Crippen LogP contribution in [0.3, 0.4) is 0 Å². The van der Waals surface area contributed by atoms with Gasteiger partial charge in [-0.3, -0.25) is 4.79 Å². The molecule has 0 heterocycles. The van der Waals surface area contributed by atoms with Gasteiger partial charge >= 0.3 is 11.9 Å². The fourth-order valence-corrected chi connectivity index (χ4v) is 5.83. The van der Waals surface area contributed by atoms with Gasteiger partial charge in [-0.15, -0.1) is 0 Å². The van der Waals surface area contributed by atoms with Gasteiger partial charge in [0.25, 0.3) is 0 Å². The molecule has 0 aliphatic heterocycles. The van der Waals surface area contributed by atoms with E-state index < -0.39 is 24.6 Å². The second kappa shape index (κ2) is 36.3. The first-order chi connectivity index (χ1) is 21.6. The summed E-state index contributed by atoms with van der Waals surface area (Å²) in [5.41, 5.74) is 0. The molecule has 0 spiro atoms. The lowest BCUT2D eigenvalue weighted by molar-refractivity contribution is -0.167. The Kier molecular flexibility index (Phi) is 35.3. The first-order valence-corrected chi connectivity index (χ1v) is 19.3. The summed E-state index contributed by atoms with van der Waals surface area (Å²) in [4.78, 5) is 22.7. The van der Waals surface area contributed by atoms with E-state index in [0.29, 0.717) is 6.42 Å². The van der Waals surface area contributed by atoms with E-state index in [0.717, 1.165) is 12.8 Å². The molecule has 0 rings (SSSR count). The molecule has 1 unspecified atom stereocenters. The minimum absolute atomic E-state index is 0.183. The lowest BCUT2D eigenvalue weighted by Gasteiger charge is -2.06. The van der Waals surface area contributed by atoms with E-state index in [9.17, 15) is 9.59 Å². The fourth-order valence-electron chi connectivity index (χ4n) is 5.83. The summed E-state index contributed by atoms with van der Waals surface area (Å²) in [6, 6.07) is 0. The number of carbonyl (C=O) groups is 2. The van der Waals surface area contributed by atoms with Crippen LogP contribution in [-0.2, 0) is 14.3 Å². The van der Waals surface area contributed by atoms with Gasteiger partial charge in [-0.1, -0.05) is 186 Å². The van der Waals surface area contributed by atoms with Crippen LogP contribution >= 0.6 is 0 Å². The fraction of sp³-hybridized carbons (Fsp3) is 0.897. The SMILES string of the molecule is CCCCCCCC/C=C\CCCCCCCCCCCCCCCCCCCCCCCCCC(=O)OC(=O)C(O)CO. The molecule has 44 heavy (non-hydrogen) atoms. The number of allylic oxidation sites excluding steroid dienone is 2. The Morgan fingerprint density at radius 1 is 0.500 bits per heavy atom. The molecule has 2 N–H and O–H groups in total. The van der Waals surface area contributed by atoms with Crippen molar-refractivity contribution in [2.24, 2.45) is 0 Å². The van der Waals surface area contributed by atoms with Crippen molar-refractivity contribution in [2.45, 2.75) is 218 Å². The molecule has 0 saturated carbocycles. The van der Waals surface area contributed by atoms with E-state index in [-0.39, 0.29) is 6.42 Å². The van der Waals surface area contributed by atoms with Gasteiger partial charge in [0.15, 0.2) is 6.10 Å². The molecule has 0 aromatic heterocycles. The van der Waals surface area contributed by atoms with Gasteiger partial charge in [-0.25, -0.2) is 4.79 Å². The third-order valence-corrected chi connectivity index (χ3v) is 8.80. The summed E-state index contributed by atoms with van der Waals surface area (Å²) < 4.78 is 4.48. The highest BCUT2D eigenvalue weighted by molar-refractivity contribution is 5.87. The van der Waals surface area contributed by atoms with E-state index >= 15 is 0 Å². The van der Waals surface area contributed by atoms with Crippen molar-refractivity contribution in [3.05, 3.63) is 12.2 Å². The molecule has 1 atom stereocenters. The molecule has 0 fully saturated rings. The number of unbranched alkanes of at least 4 members (excludes halogenated alkanes) is 29. The zero-order valence-electron chi connectivity index (χ0n) is 29.2.